The molecular weight excluding hydrogens is 279 g/mol. The largest absolute Gasteiger partial charge is 0.598 e. The average molecular weight is 294 g/mol. The lowest BCUT2D eigenvalue weighted by atomic mass is 10.2. The zero-order valence-corrected chi connectivity index (χ0v) is 11.6. The van der Waals surface area contributed by atoms with Crippen LogP contribution in [0.4, 0.5) is 13.2 Å². The lowest BCUT2D eigenvalue weighted by molar-refractivity contribution is -0.145. The second-order valence-corrected chi connectivity index (χ2v) is 6.58. The third-order valence-corrected chi connectivity index (χ3v) is 3.78. The van der Waals surface area contributed by atoms with E-state index in [1.54, 1.807) is 20.8 Å². The molecule has 1 unspecified atom stereocenters. The molecule has 0 saturated carbocycles. The summed E-state index contributed by atoms with van der Waals surface area (Å²) in [5.74, 6) is -1.19. The Morgan fingerprint density at radius 2 is 1.79 bits per heavy atom. The molecule has 19 heavy (non-hydrogen) atoms. The maximum Gasteiger partial charge on any atom is 0.451 e. The van der Waals surface area contributed by atoms with Crippen LogP contribution in [0.3, 0.4) is 0 Å². The normalized spacial score (nSPS) is 16.2. The molecule has 1 heterocycles. The SMILES string of the molecule is [CH2]C(C)(C)[S+]([O-])N[C@H](C)c1cnc(C(F)(F)F)nc1. The standard InChI is InChI=1S/C11H15F3N3OS/c1-7(17-19(18)10(2,3)4)8-5-15-9(16-6-8)11(12,13)14/h5-7,17H,2H2,1,3-4H3/t7-,19?/m1/s1. The summed E-state index contributed by atoms with van der Waals surface area (Å²) in [4.78, 5) is 6.50. The van der Waals surface area contributed by atoms with Gasteiger partial charge < -0.3 is 4.55 Å². The Morgan fingerprint density at radius 3 is 2.16 bits per heavy atom. The molecule has 1 radical (unpaired) electrons. The van der Waals surface area contributed by atoms with Gasteiger partial charge in [-0.05, 0) is 20.8 Å². The average Bonchev–Trinajstić information content (AvgIpc) is 2.26. The quantitative estimate of drug-likeness (QED) is 0.866. The number of alkyl halides is 3. The van der Waals surface area contributed by atoms with Crippen molar-refractivity contribution in [1.82, 2.24) is 14.7 Å². The monoisotopic (exact) mass is 294 g/mol. The summed E-state index contributed by atoms with van der Waals surface area (Å²) in [5, 5.41) is 0. The van der Waals surface area contributed by atoms with Gasteiger partial charge in [-0.25, -0.2) is 9.97 Å². The number of nitrogens with zero attached hydrogens (tertiary/aromatic N) is 2. The molecule has 0 aliphatic heterocycles. The smallest absolute Gasteiger partial charge is 0.451 e. The zero-order valence-electron chi connectivity index (χ0n) is 10.8. The van der Waals surface area contributed by atoms with Gasteiger partial charge in [0, 0.05) is 36.2 Å². The third-order valence-electron chi connectivity index (χ3n) is 2.21. The predicted molar refractivity (Wildman–Crippen MR) is 66.2 cm³/mol. The van der Waals surface area contributed by atoms with E-state index in [9.17, 15) is 17.7 Å². The highest BCUT2D eigenvalue weighted by Gasteiger charge is 2.34. The first kappa shape index (κ1) is 16.2. The Bertz CT molecular complexity index is 417. The van der Waals surface area contributed by atoms with E-state index in [2.05, 4.69) is 21.6 Å². The molecule has 107 valence electrons. The molecule has 0 fully saturated rings. The molecular formula is C11H15F3N3OS. The summed E-state index contributed by atoms with van der Waals surface area (Å²) in [6.07, 6.45) is -2.42. The number of hydrogen-bond donors (Lipinski definition) is 1. The van der Waals surface area contributed by atoms with E-state index in [0.717, 1.165) is 12.4 Å². The van der Waals surface area contributed by atoms with Crippen molar-refractivity contribution in [2.45, 2.75) is 37.7 Å². The van der Waals surface area contributed by atoms with Crippen molar-refractivity contribution in [2.75, 3.05) is 0 Å². The van der Waals surface area contributed by atoms with Crippen molar-refractivity contribution >= 4 is 11.4 Å². The van der Waals surface area contributed by atoms with Crippen LogP contribution in [0.5, 0.6) is 0 Å². The number of aromatic nitrogens is 2. The zero-order chi connectivity index (χ0) is 14.8. The molecule has 8 heteroatoms. The molecule has 2 atom stereocenters. The summed E-state index contributed by atoms with van der Waals surface area (Å²) >= 11 is -1.43. The van der Waals surface area contributed by atoms with Crippen LogP contribution in [0.15, 0.2) is 12.4 Å². The fourth-order valence-electron chi connectivity index (χ4n) is 1.10. The predicted octanol–water partition coefficient (Wildman–Crippen LogP) is 2.42. The highest BCUT2D eigenvalue weighted by Crippen LogP contribution is 2.26. The third kappa shape index (κ3) is 4.63. The highest BCUT2D eigenvalue weighted by atomic mass is 32.2. The number of nitrogens with one attached hydrogen (secondary N) is 1. The summed E-state index contributed by atoms with van der Waals surface area (Å²) in [5.41, 5.74) is 0.422. The van der Waals surface area contributed by atoms with Gasteiger partial charge in [-0.1, -0.05) is 0 Å². The molecule has 0 saturated heterocycles. The van der Waals surface area contributed by atoms with Crippen LogP contribution in [0.1, 0.15) is 38.2 Å². The van der Waals surface area contributed by atoms with Crippen molar-refractivity contribution < 1.29 is 17.7 Å². The van der Waals surface area contributed by atoms with Crippen molar-refractivity contribution in [3.63, 3.8) is 0 Å². The van der Waals surface area contributed by atoms with E-state index in [-0.39, 0.29) is 0 Å². The number of rotatable bonds is 4. The van der Waals surface area contributed by atoms with Gasteiger partial charge in [0.15, 0.2) is 0 Å². The second kappa shape index (κ2) is 5.64. The van der Waals surface area contributed by atoms with Crippen LogP contribution >= 0.6 is 0 Å². The molecule has 1 aromatic rings. The van der Waals surface area contributed by atoms with Gasteiger partial charge in [-0.15, -0.1) is 4.72 Å². The van der Waals surface area contributed by atoms with Crippen LogP contribution in [0.2, 0.25) is 0 Å². The van der Waals surface area contributed by atoms with Crippen molar-refractivity contribution in [1.29, 1.82) is 0 Å². The maximum atomic E-state index is 12.3. The van der Waals surface area contributed by atoms with Crippen LogP contribution in [0, 0.1) is 6.92 Å². The molecule has 1 rings (SSSR count). The van der Waals surface area contributed by atoms with Gasteiger partial charge in [-0.2, -0.15) is 13.2 Å². The van der Waals surface area contributed by atoms with E-state index in [1.807, 2.05) is 0 Å². The topological polar surface area (TPSA) is 60.9 Å². The Hall–Kier alpha value is -0.860. The molecule has 0 spiro atoms. The summed E-state index contributed by atoms with van der Waals surface area (Å²) in [7, 11) is 0. The maximum absolute atomic E-state index is 12.3. The molecule has 1 N–H and O–H groups in total. The molecule has 0 aliphatic rings. The van der Waals surface area contributed by atoms with Crippen molar-refractivity contribution in [3.8, 4) is 0 Å². The minimum absolute atomic E-state index is 0.422. The van der Waals surface area contributed by atoms with Gasteiger partial charge >= 0.3 is 6.18 Å². The molecule has 0 bridgehead atoms. The first-order chi connectivity index (χ1) is 8.51. The van der Waals surface area contributed by atoms with E-state index in [4.69, 9.17) is 0 Å². The van der Waals surface area contributed by atoms with Gasteiger partial charge in [0.05, 0.1) is 6.04 Å². The fraction of sp³-hybridized carbons (Fsp3) is 0.545. The molecule has 4 nitrogen and oxygen atoms in total. The number of hydrogen-bond acceptors (Lipinski definition) is 4. The second-order valence-electron chi connectivity index (χ2n) is 4.71. The Morgan fingerprint density at radius 1 is 1.32 bits per heavy atom. The van der Waals surface area contributed by atoms with E-state index in [0.29, 0.717) is 5.56 Å². The van der Waals surface area contributed by atoms with Crippen LogP contribution in [-0.2, 0) is 17.5 Å². The first-order valence-electron chi connectivity index (χ1n) is 5.44. The van der Waals surface area contributed by atoms with E-state index < -0.39 is 34.2 Å². The first-order valence-corrected chi connectivity index (χ1v) is 6.59. The fourth-order valence-corrected chi connectivity index (χ4v) is 1.87. The minimum Gasteiger partial charge on any atom is -0.598 e. The van der Waals surface area contributed by atoms with Gasteiger partial charge in [0.1, 0.15) is 4.75 Å². The van der Waals surface area contributed by atoms with Gasteiger partial charge in [0.2, 0.25) is 5.82 Å². The summed E-state index contributed by atoms with van der Waals surface area (Å²) < 4.78 is 50.7. The molecule has 0 aromatic carbocycles. The van der Waals surface area contributed by atoms with Crippen LogP contribution in [0.25, 0.3) is 0 Å². The van der Waals surface area contributed by atoms with E-state index >= 15 is 0 Å². The molecule has 1 aromatic heterocycles. The highest BCUT2D eigenvalue weighted by molar-refractivity contribution is 7.90. The van der Waals surface area contributed by atoms with Gasteiger partial charge in [0.25, 0.3) is 0 Å². The van der Waals surface area contributed by atoms with Crippen LogP contribution in [-0.4, -0.2) is 19.3 Å². The summed E-state index contributed by atoms with van der Waals surface area (Å²) in [6.45, 7) is 8.76. The molecule has 0 amide bonds. The lowest BCUT2D eigenvalue weighted by Crippen LogP contribution is -2.40. The van der Waals surface area contributed by atoms with Gasteiger partial charge in [-0.3, -0.25) is 0 Å². The lowest BCUT2D eigenvalue weighted by Gasteiger charge is -2.26. The van der Waals surface area contributed by atoms with Crippen molar-refractivity contribution in [2.24, 2.45) is 0 Å². The van der Waals surface area contributed by atoms with Crippen molar-refractivity contribution in [3.05, 3.63) is 30.7 Å². The Labute approximate surface area is 113 Å². The van der Waals surface area contributed by atoms with Crippen LogP contribution < -0.4 is 4.72 Å². The van der Waals surface area contributed by atoms with E-state index in [1.165, 1.54) is 0 Å². The summed E-state index contributed by atoms with van der Waals surface area (Å²) in [6, 6.07) is -0.441. The Kier molecular flexibility index (Phi) is 4.81. The molecule has 0 aliphatic carbocycles. The minimum atomic E-state index is -4.56. The number of halogens is 3. The Balaban J connectivity index is 2.76.